The van der Waals surface area contributed by atoms with Gasteiger partial charge in [0, 0.05) is 11.6 Å². The van der Waals surface area contributed by atoms with E-state index in [4.69, 9.17) is 25.8 Å². The van der Waals surface area contributed by atoms with E-state index >= 15 is 0 Å². The minimum atomic E-state index is 0.176. The summed E-state index contributed by atoms with van der Waals surface area (Å²) in [7, 11) is 3.22. The van der Waals surface area contributed by atoms with Crippen LogP contribution in [-0.2, 0) is 11.3 Å². The predicted octanol–water partition coefficient (Wildman–Crippen LogP) is 2.42. The number of benzene rings is 1. The van der Waals surface area contributed by atoms with E-state index in [2.05, 4.69) is 0 Å². The molecule has 1 rings (SSSR count). The Kier molecular flexibility index (Phi) is 4.56. The Balaban J connectivity index is 2.82. The Morgan fingerprint density at radius 3 is 2.57 bits per heavy atom. The molecular weight excluding hydrogens is 204 g/mol. The molecular formula is C10H13ClO3. The predicted molar refractivity (Wildman–Crippen MR) is 55.1 cm³/mol. The van der Waals surface area contributed by atoms with Crippen LogP contribution in [0.5, 0.6) is 11.5 Å². The molecule has 0 bridgehead atoms. The average molecular weight is 217 g/mol. The Hall–Kier alpha value is -0.930. The molecule has 3 nitrogen and oxygen atoms in total. The van der Waals surface area contributed by atoms with Gasteiger partial charge in [-0.15, -0.1) is 0 Å². The van der Waals surface area contributed by atoms with E-state index in [0.717, 1.165) is 17.1 Å². The largest absolute Gasteiger partial charge is 0.497 e. The van der Waals surface area contributed by atoms with Crippen molar-refractivity contribution in [3.63, 3.8) is 0 Å². The van der Waals surface area contributed by atoms with Crippen LogP contribution in [0.2, 0.25) is 0 Å². The normalized spacial score (nSPS) is 9.93. The molecule has 0 amide bonds. The van der Waals surface area contributed by atoms with Crippen molar-refractivity contribution in [2.24, 2.45) is 0 Å². The molecule has 0 aliphatic carbocycles. The highest BCUT2D eigenvalue weighted by Crippen LogP contribution is 2.24. The van der Waals surface area contributed by atoms with E-state index in [9.17, 15) is 0 Å². The van der Waals surface area contributed by atoms with Crippen LogP contribution in [0.4, 0.5) is 0 Å². The average Bonchev–Trinajstić information content (AvgIpc) is 2.26. The van der Waals surface area contributed by atoms with Crippen LogP contribution < -0.4 is 9.47 Å². The van der Waals surface area contributed by atoms with Gasteiger partial charge in [0.2, 0.25) is 0 Å². The lowest BCUT2D eigenvalue weighted by Crippen LogP contribution is -1.96. The van der Waals surface area contributed by atoms with Crippen molar-refractivity contribution in [1.29, 1.82) is 0 Å². The highest BCUT2D eigenvalue weighted by Gasteiger charge is 2.04. The molecule has 0 aromatic heterocycles. The fraction of sp³-hybridized carbons (Fsp3) is 0.400. The summed E-state index contributed by atoms with van der Waals surface area (Å²) in [4.78, 5) is 0. The first kappa shape index (κ1) is 11.1. The quantitative estimate of drug-likeness (QED) is 0.708. The highest BCUT2D eigenvalue weighted by atomic mass is 35.5. The number of halogens is 1. The van der Waals surface area contributed by atoms with Crippen LogP contribution >= 0.6 is 11.6 Å². The van der Waals surface area contributed by atoms with Crippen LogP contribution in [0.1, 0.15) is 5.56 Å². The first-order chi connectivity index (χ1) is 6.81. The number of rotatable bonds is 5. The summed E-state index contributed by atoms with van der Waals surface area (Å²) in [6.07, 6.45) is 0. The maximum Gasteiger partial charge on any atom is 0.128 e. The maximum absolute atomic E-state index is 5.42. The summed E-state index contributed by atoms with van der Waals surface area (Å²) >= 11 is 5.42. The SMILES string of the molecule is COc1ccc(COCCl)c(OC)c1. The molecule has 0 fully saturated rings. The van der Waals surface area contributed by atoms with E-state index < -0.39 is 0 Å². The molecule has 0 atom stereocenters. The zero-order chi connectivity index (χ0) is 10.4. The number of alkyl halides is 1. The van der Waals surface area contributed by atoms with Gasteiger partial charge < -0.3 is 14.2 Å². The second-order valence-electron chi connectivity index (χ2n) is 2.64. The highest BCUT2D eigenvalue weighted by molar-refractivity contribution is 6.17. The van der Waals surface area contributed by atoms with Gasteiger partial charge in [0.1, 0.15) is 17.6 Å². The van der Waals surface area contributed by atoms with Crippen LogP contribution in [0.25, 0.3) is 0 Å². The van der Waals surface area contributed by atoms with Gasteiger partial charge in [-0.3, -0.25) is 0 Å². The molecule has 0 heterocycles. The number of hydrogen-bond acceptors (Lipinski definition) is 3. The van der Waals surface area contributed by atoms with Crippen molar-refractivity contribution in [2.45, 2.75) is 6.61 Å². The second kappa shape index (κ2) is 5.73. The molecule has 0 radical (unpaired) electrons. The molecule has 4 heteroatoms. The van der Waals surface area contributed by atoms with Gasteiger partial charge in [-0.05, 0) is 12.1 Å². The first-order valence-corrected chi connectivity index (χ1v) is 4.70. The second-order valence-corrected chi connectivity index (χ2v) is 2.85. The molecule has 0 saturated heterocycles. The van der Waals surface area contributed by atoms with Gasteiger partial charge in [-0.2, -0.15) is 0 Å². The summed E-state index contributed by atoms with van der Waals surface area (Å²) in [6.45, 7) is 0.441. The summed E-state index contributed by atoms with van der Waals surface area (Å²) in [5.74, 6) is 1.51. The van der Waals surface area contributed by atoms with Crippen molar-refractivity contribution >= 4 is 11.6 Å². The summed E-state index contributed by atoms with van der Waals surface area (Å²) < 4.78 is 15.3. The fourth-order valence-electron chi connectivity index (χ4n) is 1.12. The lowest BCUT2D eigenvalue weighted by atomic mass is 10.2. The van der Waals surface area contributed by atoms with Crippen LogP contribution in [0, 0.1) is 0 Å². The van der Waals surface area contributed by atoms with Crippen molar-refractivity contribution in [1.82, 2.24) is 0 Å². The van der Waals surface area contributed by atoms with Gasteiger partial charge >= 0.3 is 0 Å². The van der Waals surface area contributed by atoms with Crippen molar-refractivity contribution < 1.29 is 14.2 Å². The first-order valence-electron chi connectivity index (χ1n) is 4.16. The van der Waals surface area contributed by atoms with Gasteiger partial charge in [-0.1, -0.05) is 11.6 Å². The van der Waals surface area contributed by atoms with E-state index in [-0.39, 0.29) is 6.07 Å². The topological polar surface area (TPSA) is 27.7 Å². The molecule has 1 aromatic carbocycles. The van der Waals surface area contributed by atoms with Crippen molar-refractivity contribution in [3.8, 4) is 11.5 Å². The van der Waals surface area contributed by atoms with Gasteiger partial charge in [0.15, 0.2) is 0 Å². The molecule has 0 unspecified atom stereocenters. The van der Waals surface area contributed by atoms with Gasteiger partial charge in [0.05, 0.1) is 20.8 Å². The summed E-state index contributed by atoms with van der Waals surface area (Å²) in [5, 5.41) is 0. The summed E-state index contributed by atoms with van der Waals surface area (Å²) in [5.41, 5.74) is 0.953. The van der Waals surface area contributed by atoms with E-state index in [1.165, 1.54) is 0 Å². The minimum Gasteiger partial charge on any atom is -0.497 e. The molecule has 1 aromatic rings. The molecule has 78 valence electrons. The van der Waals surface area contributed by atoms with E-state index in [1.807, 2.05) is 18.2 Å². The lowest BCUT2D eigenvalue weighted by Gasteiger charge is -2.09. The van der Waals surface area contributed by atoms with Crippen LogP contribution in [0.3, 0.4) is 0 Å². The lowest BCUT2D eigenvalue weighted by molar-refractivity contribution is 0.162. The molecule has 0 aliphatic rings. The van der Waals surface area contributed by atoms with E-state index in [0.29, 0.717) is 6.61 Å². The smallest absolute Gasteiger partial charge is 0.128 e. The molecule has 0 N–H and O–H groups in total. The minimum absolute atomic E-state index is 0.176. The maximum atomic E-state index is 5.42. The molecule has 14 heavy (non-hydrogen) atoms. The van der Waals surface area contributed by atoms with Gasteiger partial charge in [-0.25, -0.2) is 0 Å². The summed E-state index contributed by atoms with van der Waals surface area (Å²) in [6, 6.07) is 5.74. The standard InChI is InChI=1S/C10H13ClO3/c1-12-9-4-3-8(6-14-7-11)10(5-9)13-2/h3-5H,6-7H2,1-2H3. The molecule has 0 saturated carbocycles. The number of methoxy groups -OCH3 is 2. The van der Waals surface area contributed by atoms with Crippen LogP contribution in [0.15, 0.2) is 18.2 Å². The van der Waals surface area contributed by atoms with Gasteiger partial charge in [0.25, 0.3) is 0 Å². The molecule has 0 aliphatic heterocycles. The van der Waals surface area contributed by atoms with Crippen molar-refractivity contribution in [3.05, 3.63) is 23.8 Å². The van der Waals surface area contributed by atoms with Crippen LogP contribution in [-0.4, -0.2) is 20.3 Å². The third-order valence-electron chi connectivity index (χ3n) is 1.83. The monoisotopic (exact) mass is 216 g/mol. The number of ether oxygens (including phenoxy) is 3. The fourth-order valence-corrected chi connectivity index (χ4v) is 1.20. The Bertz CT molecular complexity index is 289. The Labute approximate surface area is 88.5 Å². The van der Waals surface area contributed by atoms with E-state index in [1.54, 1.807) is 14.2 Å². The third-order valence-corrected chi connectivity index (χ3v) is 1.98. The number of hydrogen-bond donors (Lipinski definition) is 0. The Morgan fingerprint density at radius 1 is 1.21 bits per heavy atom. The van der Waals surface area contributed by atoms with Crippen molar-refractivity contribution in [2.75, 3.05) is 20.3 Å². The zero-order valence-electron chi connectivity index (χ0n) is 8.25. The third kappa shape index (κ3) is 2.79. The molecule has 0 spiro atoms. The zero-order valence-corrected chi connectivity index (χ0v) is 9.00. The Morgan fingerprint density at radius 2 is 2.00 bits per heavy atom.